The van der Waals surface area contributed by atoms with E-state index in [-0.39, 0.29) is 12.0 Å². The van der Waals surface area contributed by atoms with E-state index in [4.69, 9.17) is 10.8 Å². The Bertz CT molecular complexity index is 434. The molecule has 0 heterocycles. The number of carbonyl (C=O) groups is 1. The molecule has 0 radical (unpaired) electrons. The summed E-state index contributed by atoms with van der Waals surface area (Å²) in [6.45, 7) is 0. The molecule has 0 aliphatic heterocycles. The van der Waals surface area contributed by atoms with E-state index in [2.05, 4.69) is 0 Å². The summed E-state index contributed by atoms with van der Waals surface area (Å²) in [5.74, 6) is -1.32. The first-order valence-corrected chi connectivity index (χ1v) is 5.05. The van der Waals surface area contributed by atoms with Gasteiger partial charge in [-0.1, -0.05) is 12.1 Å². The number of rotatable bonds is 4. The lowest BCUT2D eigenvalue weighted by Crippen LogP contribution is -2.31. The van der Waals surface area contributed by atoms with Crippen LogP contribution in [0.1, 0.15) is 23.7 Å². The third-order valence-corrected chi connectivity index (χ3v) is 2.39. The van der Waals surface area contributed by atoms with Crippen molar-refractivity contribution < 1.29 is 28.2 Å². The topological polar surface area (TPSA) is 83.5 Å². The number of aliphatic hydroxyl groups excluding tert-OH is 1. The Morgan fingerprint density at radius 2 is 2.00 bits per heavy atom. The summed E-state index contributed by atoms with van der Waals surface area (Å²) in [6, 6.07) is 2.75. The average Bonchev–Trinajstić information content (AvgIpc) is 2.27. The van der Waals surface area contributed by atoms with E-state index in [1.807, 2.05) is 0 Å². The lowest BCUT2D eigenvalue weighted by Gasteiger charge is -2.15. The molecule has 1 rings (SSSR count). The molecule has 0 saturated carbocycles. The molecule has 0 aliphatic rings. The standard InChI is InChI=1S/C11H12F3NO3/c12-11(13,14)7-3-1-2-6(4-7)9(16)5-8(15)10(17)18/h1-4,8-9,16H,5,15H2,(H,17,18)/t8-,9+/m1/s1. The Kier molecular flexibility index (Phi) is 4.31. The molecule has 1 aromatic carbocycles. The monoisotopic (exact) mass is 263 g/mol. The van der Waals surface area contributed by atoms with Gasteiger partial charge in [-0.3, -0.25) is 4.79 Å². The Hall–Kier alpha value is -1.60. The van der Waals surface area contributed by atoms with Crippen molar-refractivity contribution in [2.45, 2.75) is 24.7 Å². The van der Waals surface area contributed by atoms with Crippen LogP contribution in [0.3, 0.4) is 0 Å². The molecule has 0 amide bonds. The van der Waals surface area contributed by atoms with Crippen LogP contribution in [0.25, 0.3) is 0 Å². The highest BCUT2D eigenvalue weighted by Crippen LogP contribution is 2.31. The van der Waals surface area contributed by atoms with Gasteiger partial charge >= 0.3 is 12.1 Å². The van der Waals surface area contributed by atoms with Crippen LogP contribution in [0.4, 0.5) is 13.2 Å². The Morgan fingerprint density at radius 1 is 1.39 bits per heavy atom. The molecule has 0 saturated heterocycles. The van der Waals surface area contributed by atoms with Gasteiger partial charge in [0.05, 0.1) is 11.7 Å². The van der Waals surface area contributed by atoms with Gasteiger partial charge in [-0.15, -0.1) is 0 Å². The number of aliphatic carboxylic acids is 1. The molecule has 0 fully saturated rings. The molecule has 4 nitrogen and oxygen atoms in total. The highest BCUT2D eigenvalue weighted by atomic mass is 19.4. The SMILES string of the molecule is N[C@H](C[C@H](O)c1cccc(C(F)(F)F)c1)C(=O)O. The molecule has 0 unspecified atom stereocenters. The second kappa shape index (κ2) is 5.36. The van der Waals surface area contributed by atoms with Gasteiger partial charge in [0.1, 0.15) is 6.04 Å². The van der Waals surface area contributed by atoms with Gasteiger partial charge in [-0.05, 0) is 17.7 Å². The molecule has 1 aromatic rings. The van der Waals surface area contributed by atoms with Crippen LogP contribution >= 0.6 is 0 Å². The maximum absolute atomic E-state index is 12.4. The molecular weight excluding hydrogens is 251 g/mol. The minimum Gasteiger partial charge on any atom is -0.480 e. The fourth-order valence-corrected chi connectivity index (χ4v) is 1.40. The van der Waals surface area contributed by atoms with E-state index >= 15 is 0 Å². The van der Waals surface area contributed by atoms with E-state index < -0.39 is 29.9 Å². The van der Waals surface area contributed by atoms with Crippen molar-refractivity contribution in [3.05, 3.63) is 35.4 Å². The molecule has 7 heteroatoms. The third kappa shape index (κ3) is 3.71. The van der Waals surface area contributed by atoms with E-state index in [1.54, 1.807) is 0 Å². The predicted octanol–water partition coefficient (Wildman–Crippen LogP) is 1.54. The Balaban J connectivity index is 2.87. The van der Waals surface area contributed by atoms with Crippen LogP contribution in [-0.2, 0) is 11.0 Å². The van der Waals surface area contributed by atoms with Gasteiger partial charge in [0.2, 0.25) is 0 Å². The van der Waals surface area contributed by atoms with E-state index in [9.17, 15) is 23.1 Å². The summed E-state index contributed by atoms with van der Waals surface area (Å²) in [5, 5.41) is 18.2. The lowest BCUT2D eigenvalue weighted by atomic mass is 10.0. The fourth-order valence-electron chi connectivity index (χ4n) is 1.40. The van der Waals surface area contributed by atoms with Crippen molar-refractivity contribution in [1.29, 1.82) is 0 Å². The smallest absolute Gasteiger partial charge is 0.416 e. The molecule has 100 valence electrons. The summed E-state index contributed by atoms with van der Waals surface area (Å²) in [7, 11) is 0. The number of alkyl halides is 3. The summed E-state index contributed by atoms with van der Waals surface area (Å²) in [6.07, 6.45) is -6.21. The number of carboxylic acids is 1. The number of hydrogen-bond acceptors (Lipinski definition) is 3. The third-order valence-electron chi connectivity index (χ3n) is 2.39. The molecule has 18 heavy (non-hydrogen) atoms. The summed E-state index contributed by atoms with van der Waals surface area (Å²) in [4.78, 5) is 10.5. The first-order valence-electron chi connectivity index (χ1n) is 5.05. The van der Waals surface area contributed by atoms with Crippen molar-refractivity contribution in [2.75, 3.05) is 0 Å². The number of halogens is 3. The van der Waals surface area contributed by atoms with Crippen LogP contribution < -0.4 is 5.73 Å². The van der Waals surface area contributed by atoms with E-state index in [1.165, 1.54) is 6.07 Å². The zero-order valence-corrected chi connectivity index (χ0v) is 9.19. The van der Waals surface area contributed by atoms with Crippen molar-refractivity contribution in [2.24, 2.45) is 5.73 Å². The Labute approximate surface area is 101 Å². The van der Waals surface area contributed by atoms with Gasteiger partial charge in [0.25, 0.3) is 0 Å². The maximum Gasteiger partial charge on any atom is 0.416 e. The Morgan fingerprint density at radius 3 is 2.50 bits per heavy atom. The number of benzene rings is 1. The molecular formula is C11H12F3NO3. The van der Waals surface area contributed by atoms with E-state index in [0.717, 1.165) is 18.2 Å². The molecule has 0 bridgehead atoms. The largest absolute Gasteiger partial charge is 0.480 e. The van der Waals surface area contributed by atoms with Crippen LogP contribution in [0.5, 0.6) is 0 Å². The van der Waals surface area contributed by atoms with Gasteiger partial charge < -0.3 is 15.9 Å². The second-order valence-corrected chi connectivity index (χ2v) is 3.82. The average molecular weight is 263 g/mol. The number of nitrogens with two attached hydrogens (primary N) is 1. The van der Waals surface area contributed by atoms with Crippen molar-refractivity contribution in [3.63, 3.8) is 0 Å². The van der Waals surface area contributed by atoms with E-state index in [0.29, 0.717) is 0 Å². The molecule has 4 N–H and O–H groups in total. The normalized spacial score (nSPS) is 15.2. The van der Waals surface area contributed by atoms with Gasteiger partial charge in [0, 0.05) is 6.42 Å². The van der Waals surface area contributed by atoms with Crippen molar-refractivity contribution in [3.8, 4) is 0 Å². The minimum absolute atomic E-state index is 0.0125. The lowest BCUT2D eigenvalue weighted by molar-refractivity contribution is -0.140. The quantitative estimate of drug-likeness (QED) is 0.769. The summed E-state index contributed by atoms with van der Waals surface area (Å²) >= 11 is 0. The molecule has 0 aromatic heterocycles. The summed E-state index contributed by atoms with van der Waals surface area (Å²) < 4.78 is 37.3. The number of aliphatic hydroxyl groups is 1. The zero-order valence-electron chi connectivity index (χ0n) is 9.19. The maximum atomic E-state index is 12.4. The first-order chi connectivity index (χ1) is 8.21. The van der Waals surface area contributed by atoms with Crippen molar-refractivity contribution >= 4 is 5.97 Å². The number of carboxylic acid groups (broad SMARTS) is 1. The van der Waals surface area contributed by atoms with Crippen LogP contribution in [0, 0.1) is 0 Å². The molecule has 0 aliphatic carbocycles. The van der Waals surface area contributed by atoms with Gasteiger partial charge in [-0.25, -0.2) is 0 Å². The van der Waals surface area contributed by atoms with Gasteiger partial charge in [-0.2, -0.15) is 13.2 Å². The minimum atomic E-state index is -4.51. The highest BCUT2D eigenvalue weighted by Gasteiger charge is 2.31. The summed E-state index contributed by atoms with van der Waals surface area (Å²) in [5.41, 5.74) is 4.28. The number of hydrogen-bond donors (Lipinski definition) is 3. The first kappa shape index (κ1) is 14.5. The van der Waals surface area contributed by atoms with Gasteiger partial charge in [0.15, 0.2) is 0 Å². The zero-order chi connectivity index (χ0) is 13.9. The van der Waals surface area contributed by atoms with Crippen molar-refractivity contribution in [1.82, 2.24) is 0 Å². The molecule has 2 atom stereocenters. The van der Waals surface area contributed by atoms with Crippen LogP contribution in [0.2, 0.25) is 0 Å². The molecule has 0 spiro atoms. The highest BCUT2D eigenvalue weighted by molar-refractivity contribution is 5.73. The van der Waals surface area contributed by atoms with Crippen LogP contribution in [0.15, 0.2) is 24.3 Å². The predicted molar refractivity (Wildman–Crippen MR) is 56.6 cm³/mol. The fraction of sp³-hybridized carbons (Fsp3) is 0.364. The second-order valence-electron chi connectivity index (χ2n) is 3.82. The van der Waals surface area contributed by atoms with Crippen LogP contribution in [-0.4, -0.2) is 22.2 Å².